The van der Waals surface area contributed by atoms with Gasteiger partial charge in [0.1, 0.15) is 0 Å². The van der Waals surface area contributed by atoms with E-state index in [9.17, 15) is 48.7 Å². The summed E-state index contributed by atoms with van der Waals surface area (Å²) in [6.45, 7) is 5.18. The van der Waals surface area contributed by atoms with E-state index in [1.807, 2.05) is 0 Å². The van der Waals surface area contributed by atoms with Crippen molar-refractivity contribution in [2.45, 2.75) is 69.6 Å². The van der Waals surface area contributed by atoms with Crippen LogP contribution in [0.2, 0.25) is 0 Å². The molecule has 8 nitrogen and oxygen atoms in total. The highest BCUT2D eigenvalue weighted by atomic mass is 32.2. The molecule has 0 rings (SSSR count). The summed E-state index contributed by atoms with van der Waals surface area (Å²) in [5.74, 6) is -13.3. The molecule has 34 heavy (non-hydrogen) atoms. The lowest BCUT2D eigenvalue weighted by atomic mass is 10.1. The molecule has 0 bridgehead atoms. The fourth-order valence-corrected chi connectivity index (χ4v) is 3.00. The number of hydrogen-bond donors (Lipinski definition) is 1. The Morgan fingerprint density at radius 2 is 1.47 bits per heavy atom. The molecule has 0 fully saturated rings. The van der Waals surface area contributed by atoms with Gasteiger partial charge in [-0.2, -0.15) is 39.2 Å². The summed E-state index contributed by atoms with van der Waals surface area (Å²) in [7, 11) is -6.56. The van der Waals surface area contributed by atoms with Crippen LogP contribution in [0.25, 0.3) is 0 Å². The Kier molecular flexibility index (Phi) is 11.0. The first-order valence-corrected chi connectivity index (χ1v) is 11.3. The Labute approximate surface area is 191 Å². The lowest BCUT2D eigenvalue weighted by Crippen LogP contribution is -2.62. The van der Waals surface area contributed by atoms with Crippen LogP contribution in [0.15, 0.2) is 12.2 Å². The van der Waals surface area contributed by atoms with E-state index in [0.29, 0.717) is 4.90 Å². The second-order valence-electron chi connectivity index (χ2n) is 7.22. The van der Waals surface area contributed by atoms with Gasteiger partial charge in [0.25, 0.3) is 0 Å². The van der Waals surface area contributed by atoms with Crippen LogP contribution in [0.3, 0.4) is 0 Å². The molecule has 0 spiro atoms. The highest BCUT2D eigenvalue weighted by molar-refractivity contribution is 7.87. The molecule has 1 atom stereocenters. The maximum absolute atomic E-state index is 14.0. The second kappa shape index (κ2) is 11.7. The number of alkyl halides is 7. The van der Waals surface area contributed by atoms with Crippen LogP contribution in [0.5, 0.6) is 0 Å². The highest BCUT2D eigenvalue weighted by Crippen LogP contribution is 2.42. The summed E-state index contributed by atoms with van der Waals surface area (Å²) >= 11 is 0. The summed E-state index contributed by atoms with van der Waals surface area (Å²) in [5.41, 5.74) is -0.568. The molecule has 1 N–H and O–H groups in total. The number of nitrogens with zero attached hydrogens (tertiary/aromatic N) is 1. The van der Waals surface area contributed by atoms with Crippen LogP contribution in [0, 0.1) is 0 Å². The average molecular weight is 533 g/mol. The lowest BCUT2D eigenvalue weighted by Gasteiger charge is -2.37. The van der Waals surface area contributed by atoms with E-state index < -0.39 is 70.2 Å². The lowest BCUT2D eigenvalue weighted by molar-refractivity contribution is -0.351. The summed E-state index contributed by atoms with van der Waals surface area (Å²) < 4.78 is 134. The monoisotopic (exact) mass is 533 g/mol. The molecule has 16 heteroatoms. The summed E-state index contributed by atoms with van der Waals surface area (Å²) in [6.07, 6.45) is -8.79. The molecule has 200 valence electrons. The normalized spacial score (nSPS) is 14.9. The number of amides is 1. The molecule has 0 saturated heterocycles. The molecule has 1 amide bonds. The number of hydrogen-bond acceptors (Lipinski definition) is 6. The number of ether oxygens (including phenoxy) is 2. The minimum atomic E-state index is -6.56. The SMILES string of the molecule is C=C(C)C(=O)OC(OCCCC(F)(F)C(F)(F)S(=O)(=O)O)(C(=O)N(CCC)CCC)C(F)(F)F. The van der Waals surface area contributed by atoms with Gasteiger partial charge >= 0.3 is 45.1 Å². The van der Waals surface area contributed by atoms with Crippen LogP contribution >= 0.6 is 0 Å². The molecule has 0 aromatic rings. The Morgan fingerprint density at radius 1 is 1.00 bits per heavy atom. The van der Waals surface area contributed by atoms with Crippen molar-refractivity contribution in [1.82, 2.24) is 4.90 Å². The molecule has 0 aliphatic rings. The fraction of sp³-hybridized carbons (Fsp3) is 0.778. The number of esters is 1. The molecule has 0 saturated carbocycles. The van der Waals surface area contributed by atoms with E-state index in [-0.39, 0.29) is 25.9 Å². The Balaban J connectivity index is 6.08. The number of carbonyl (C=O) groups excluding carboxylic acids is 2. The van der Waals surface area contributed by atoms with E-state index in [1.165, 1.54) is 13.8 Å². The third-order valence-corrected chi connectivity index (χ3v) is 5.15. The minimum absolute atomic E-state index is 0.186. The summed E-state index contributed by atoms with van der Waals surface area (Å²) in [6, 6.07) is 0. The zero-order valence-electron chi connectivity index (χ0n) is 18.6. The third kappa shape index (κ3) is 7.28. The molecule has 0 radical (unpaired) electrons. The zero-order valence-corrected chi connectivity index (χ0v) is 19.4. The van der Waals surface area contributed by atoms with Gasteiger partial charge in [0, 0.05) is 25.1 Å². The Bertz CT molecular complexity index is 840. The van der Waals surface area contributed by atoms with Gasteiger partial charge in [-0.3, -0.25) is 9.35 Å². The molecule has 1 unspecified atom stereocenters. The van der Waals surface area contributed by atoms with Crippen molar-refractivity contribution in [2.75, 3.05) is 19.7 Å². The fourth-order valence-electron chi connectivity index (χ4n) is 2.52. The number of halogens is 7. The first-order chi connectivity index (χ1) is 15.2. The Morgan fingerprint density at radius 3 is 1.82 bits per heavy atom. The Hall–Kier alpha value is -1.94. The standard InChI is InChI=1S/C18H26F7NO7S/c1-5-9-26(10-6-2)14(28)16(17(21,22)23,33-13(27)12(3)4)32-11-7-8-15(19,20)18(24,25)34(29,30)31/h3,5-11H2,1-2,4H3,(H,29,30,31). The van der Waals surface area contributed by atoms with Gasteiger partial charge in [-0.15, -0.1) is 0 Å². The zero-order chi connectivity index (χ0) is 27.2. The predicted octanol–water partition coefficient (Wildman–Crippen LogP) is 3.93. The predicted molar refractivity (Wildman–Crippen MR) is 103 cm³/mol. The van der Waals surface area contributed by atoms with E-state index in [4.69, 9.17) is 4.55 Å². The van der Waals surface area contributed by atoms with E-state index >= 15 is 0 Å². The maximum Gasteiger partial charge on any atom is 0.466 e. The maximum atomic E-state index is 14.0. The second-order valence-corrected chi connectivity index (χ2v) is 8.69. The van der Waals surface area contributed by atoms with Crippen molar-refractivity contribution < 1.29 is 62.8 Å². The van der Waals surface area contributed by atoms with Gasteiger partial charge in [-0.05, 0) is 26.2 Å². The minimum Gasteiger partial charge on any atom is -0.412 e. The van der Waals surface area contributed by atoms with Crippen molar-refractivity contribution in [2.24, 2.45) is 0 Å². The number of rotatable bonds is 14. The highest BCUT2D eigenvalue weighted by Gasteiger charge is 2.68. The largest absolute Gasteiger partial charge is 0.466 e. The van der Waals surface area contributed by atoms with Gasteiger partial charge in [-0.1, -0.05) is 20.4 Å². The van der Waals surface area contributed by atoms with Gasteiger partial charge < -0.3 is 14.4 Å². The first-order valence-electron chi connectivity index (χ1n) is 9.83. The average Bonchev–Trinajstić information content (AvgIpc) is 2.67. The summed E-state index contributed by atoms with van der Waals surface area (Å²) in [5, 5.41) is -5.94. The number of carbonyl (C=O) groups is 2. The van der Waals surface area contributed by atoms with Crippen LogP contribution < -0.4 is 0 Å². The van der Waals surface area contributed by atoms with Gasteiger partial charge in [0.05, 0.1) is 6.61 Å². The molecule has 0 heterocycles. The van der Waals surface area contributed by atoms with Crippen LogP contribution in [0.4, 0.5) is 30.7 Å². The van der Waals surface area contributed by atoms with Crippen LogP contribution in [0.1, 0.15) is 46.5 Å². The third-order valence-electron chi connectivity index (χ3n) is 4.20. The van der Waals surface area contributed by atoms with Crippen molar-refractivity contribution in [3.05, 3.63) is 12.2 Å². The van der Waals surface area contributed by atoms with E-state index in [2.05, 4.69) is 16.1 Å². The molecular weight excluding hydrogens is 507 g/mol. The molecule has 0 aromatic heterocycles. The molecule has 0 aliphatic carbocycles. The molecule has 0 aromatic carbocycles. The van der Waals surface area contributed by atoms with Gasteiger partial charge in [0.15, 0.2) is 0 Å². The summed E-state index contributed by atoms with van der Waals surface area (Å²) in [4.78, 5) is 25.4. The van der Waals surface area contributed by atoms with Crippen molar-refractivity contribution in [3.63, 3.8) is 0 Å². The van der Waals surface area contributed by atoms with Gasteiger partial charge in [0.2, 0.25) is 0 Å². The van der Waals surface area contributed by atoms with E-state index in [0.717, 1.165) is 6.92 Å². The van der Waals surface area contributed by atoms with Crippen molar-refractivity contribution in [1.29, 1.82) is 0 Å². The topological polar surface area (TPSA) is 110 Å². The first kappa shape index (κ1) is 32.1. The van der Waals surface area contributed by atoms with Gasteiger partial charge in [-0.25, -0.2) is 4.79 Å². The van der Waals surface area contributed by atoms with Crippen molar-refractivity contribution >= 4 is 22.0 Å². The van der Waals surface area contributed by atoms with Crippen molar-refractivity contribution in [3.8, 4) is 0 Å². The quantitative estimate of drug-likeness (QED) is 0.0900. The van der Waals surface area contributed by atoms with E-state index in [1.54, 1.807) is 0 Å². The molecule has 0 aliphatic heterocycles. The molecular formula is C18H26F7NO7S. The van der Waals surface area contributed by atoms with Crippen LogP contribution in [-0.4, -0.2) is 72.6 Å². The smallest absolute Gasteiger partial charge is 0.412 e. The van der Waals surface area contributed by atoms with Crippen LogP contribution in [-0.2, 0) is 29.2 Å².